The van der Waals surface area contributed by atoms with Crippen LogP contribution in [0, 0.1) is 20.8 Å². The number of rotatable bonds is 7. The predicted octanol–water partition coefficient (Wildman–Crippen LogP) is 4.60. The highest BCUT2D eigenvalue weighted by atomic mass is 32.2. The first-order chi connectivity index (χ1) is 15.6. The fourth-order valence-corrected chi connectivity index (χ4v) is 4.43. The number of sulfonamides is 1. The number of hydrogen-bond acceptors (Lipinski definition) is 5. The minimum Gasteiger partial charge on any atom is -0.449 e. The van der Waals surface area contributed by atoms with Crippen LogP contribution in [0.1, 0.15) is 34.0 Å². The van der Waals surface area contributed by atoms with Crippen LogP contribution in [0.5, 0.6) is 0 Å². The number of nitrogens with one attached hydrogen (secondary N) is 2. The summed E-state index contributed by atoms with van der Waals surface area (Å²) in [6.45, 7) is 7.25. The van der Waals surface area contributed by atoms with Gasteiger partial charge in [-0.15, -0.1) is 0 Å². The highest BCUT2D eigenvalue weighted by Gasteiger charge is 2.21. The van der Waals surface area contributed by atoms with Crippen LogP contribution in [-0.2, 0) is 19.6 Å². The standard InChI is InChI=1S/C25H26N2O5S/c1-16-14-17(2)23(18(3)15-16)26-24(28)19(4)32-25(29)20-10-12-22(13-11-20)33(30,31)27-21-8-6-5-7-9-21/h5-15,19,27H,1-4H3,(H,26,28). The van der Waals surface area contributed by atoms with E-state index in [9.17, 15) is 18.0 Å². The Bertz CT molecular complexity index is 1250. The number of carbonyl (C=O) groups is 2. The van der Waals surface area contributed by atoms with Crippen molar-refractivity contribution in [1.82, 2.24) is 0 Å². The largest absolute Gasteiger partial charge is 0.449 e. The molecular formula is C25H26N2O5S. The third-order valence-corrected chi connectivity index (χ3v) is 6.40. The predicted molar refractivity (Wildman–Crippen MR) is 128 cm³/mol. The molecule has 0 fully saturated rings. The molecule has 2 N–H and O–H groups in total. The molecule has 8 heteroatoms. The lowest BCUT2D eigenvalue weighted by atomic mass is 10.0. The number of carbonyl (C=O) groups excluding carboxylic acids is 2. The molecule has 0 saturated heterocycles. The number of esters is 1. The zero-order valence-corrected chi connectivity index (χ0v) is 19.7. The van der Waals surface area contributed by atoms with Gasteiger partial charge in [0.25, 0.3) is 15.9 Å². The highest BCUT2D eigenvalue weighted by Crippen LogP contribution is 2.22. The van der Waals surface area contributed by atoms with Crippen molar-refractivity contribution in [2.45, 2.75) is 38.7 Å². The lowest BCUT2D eigenvalue weighted by Crippen LogP contribution is -2.30. The van der Waals surface area contributed by atoms with Crippen LogP contribution in [-0.4, -0.2) is 26.4 Å². The van der Waals surface area contributed by atoms with Crippen molar-refractivity contribution in [3.05, 3.63) is 89.0 Å². The molecule has 7 nitrogen and oxygen atoms in total. The van der Waals surface area contributed by atoms with E-state index in [4.69, 9.17) is 4.74 Å². The van der Waals surface area contributed by atoms with Gasteiger partial charge in [-0.25, -0.2) is 13.2 Å². The van der Waals surface area contributed by atoms with Crippen LogP contribution in [0.3, 0.4) is 0 Å². The molecule has 0 aliphatic carbocycles. The summed E-state index contributed by atoms with van der Waals surface area (Å²) in [5.41, 5.74) is 4.18. The fraction of sp³-hybridized carbons (Fsp3) is 0.200. The van der Waals surface area contributed by atoms with Crippen molar-refractivity contribution in [2.24, 2.45) is 0 Å². The van der Waals surface area contributed by atoms with E-state index in [-0.39, 0.29) is 10.5 Å². The summed E-state index contributed by atoms with van der Waals surface area (Å²) < 4.78 is 32.8. The summed E-state index contributed by atoms with van der Waals surface area (Å²) in [4.78, 5) is 25.0. The first-order valence-corrected chi connectivity index (χ1v) is 11.8. The summed E-state index contributed by atoms with van der Waals surface area (Å²) in [6, 6.07) is 17.7. The zero-order chi connectivity index (χ0) is 24.2. The second kappa shape index (κ2) is 9.87. The third kappa shape index (κ3) is 5.98. The average molecular weight is 467 g/mol. The van der Waals surface area contributed by atoms with Gasteiger partial charge in [0, 0.05) is 11.4 Å². The van der Waals surface area contributed by atoms with Gasteiger partial charge in [-0.1, -0.05) is 35.9 Å². The summed E-state index contributed by atoms with van der Waals surface area (Å²) in [6.07, 6.45) is -1.04. The van der Waals surface area contributed by atoms with Crippen LogP contribution in [0.4, 0.5) is 11.4 Å². The van der Waals surface area contributed by atoms with E-state index in [1.165, 1.54) is 31.2 Å². The molecule has 0 saturated carbocycles. The van der Waals surface area contributed by atoms with Gasteiger partial charge in [0.05, 0.1) is 10.5 Å². The second-order valence-electron chi connectivity index (χ2n) is 7.81. The molecule has 0 bridgehead atoms. The van der Waals surface area contributed by atoms with Gasteiger partial charge in [0.1, 0.15) is 0 Å². The Morgan fingerprint density at radius 1 is 0.879 bits per heavy atom. The molecule has 0 aliphatic heterocycles. The van der Waals surface area contributed by atoms with Gasteiger partial charge in [0.2, 0.25) is 0 Å². The molecule has 1 atom stereocenters. The van der Waals surface area contributed by atoms with Crippen molar-refractivity contribution in [2.75, 3.05) is 10.0 Å². The van der Waals surface area contributed by atoms with E-state index >= 15 is 0 Å². The summed E-state index contributed by atoms with van der Waals surface area (Å²) in [5.74, 6) is -1.18. The van der Waals surface area contributed by atoms with Crippen molar-refractivity contribution >= 4 is 33.3 Å². The minimum atomic E-state index is -3.80. The number of aryl methyl sites for hydroxylation is 3. The normalized spacial score (nSPS) is 12.0. The van der Waals surface area contributed by atoms with E-state index < -0.39 is 28.0 Å². The Morgan fingerprint density at radius 3 is 2.03 bits per heavy atom. The van der Waals surface area contributed by atoms with E-state index in [1.807, 2.05) is 32.9 Å². The van der Waals surface area contributed by atoms with Crippen molar-refractivity contribution < 1.29 is 22.7 Å². The highest BCUT2D eigenvalue weighted by molar-refractivity contribution is 7.92. The second-order valence-corrected chi connectivity index (χ2v) is 9.49. The first-order valence-electron chi connectivity index (χ1n) is 10.3. The van der Waals surface area contributed by atoms with E-state index in [2.05, 4.69) is 10.0 Å². The van der Waals surface area contributed by atoms with Crippen LogP contribution in [0.2, 0.25) is 0 Å². The molecule has 1 amide bonds. The molecule has 0 aromatic heterocycles. The third-order valence-electron chi connectivity index (χ3n) is 5.00. The number of benzene rings is 3. The Kier molecular flexibility index (Phi) is 7.18. The summed E-state index contributed by atoms with van der Waals surface area (Å²) >= 11 is 0. The molecule has 0 aliphatic rings. The van der Waals surface area contributed by atoms with E-state index in [0.29, 0.717) is 11.4 Å². The number of para-hydroxylation sites is 1. The topological polar surface area (TPSA) is 102 Å². The van der Waals surface area contributed by atoms with Crippen molar-refractivity contribution in [3.63, 3.8) is 0 Å². The van der Waals surface area contributed by atoms with Gasteiger partial charge < -0.3 is 10.1 Å². The van der Waals surface area contributed by atoms with Crippen LogP contribution >= 0.6 is 0 Å². The average Bonchev–Trinajstić information content (AvgIpc) is 2.76. The van der Waals surface area contributed by atoms with Crippen LogP contribution in [0.15, 0.2) is 71.6 Å². The Hall–Kier alpha value is -3.65. The lowest BCUT2D eigenvalue weighted by molar-refractivity contribution is -0.123. The molecule has 3 rings (SSSR count). The molecule has 33 heavy (non-hydrogen) atoms. The summed E-state index contributed by atoms with van der Waals surface area (Å²) in [7, 11) is -3.80. The SMILES string of the molecule is Cc1cc(C)c(NC(=O)C(C)OC(=O)c2ccc(S(=O)(=O)Nc3ccccc3)cc2)c(C)c1. The molecule has 0 spiro atoms. The maximum Gasteiger partial charge on any atom is 0.338 e. The number of anilines is 2. The fourth-order valence-electron chi connectivity index (χ4n) is 3.37. The van der Waals surface area contributed by atoms with E-state index in [0.717, 1.165) is 16.7 Å². The molecular weight excluding hydrogens is 440 g/mol. The molecule has 1 unspecified atom stereocenters. The van der Waals surface area contributed by atoms with Gasteiger partial charge in [-0.05, 0) is 75.2 Å². The smallest absolute Gasteiger partial charge is 0.338 e. The summed E-state index contributed by atoms with van der Waals surface area (Å²) in [5, 5.41) is 2.81. The molecule has 3 aromatic rings. The minimum absolute atomic E-state index is 0.000911. The van der Waals surface area contributed by atoms with Gasteiger partial charge in [-0.3, -0.25) is 9.52 Å². The first kappa shape index (κ1) is 24.0. The monoisotopic (exact) mass is 466 g/mol. The van der Waals surface area contributed by atoms with Crippen molar-refractivity contribution in [1.29, 1.82) is 0 Å². The quantitative estimate of drug-likeness (QED) is 0.496. The van der Waals surface area contributed by atoms with Crippen LogP contribution in [0.25, 0.3) is 0 Å². The van der Waals surface area contributed by atoms with Crippen LogP contribution < -0.4 is 10.0 Å². The number of amides is 1. The Balaban J connectivity index is 1.65. The molecule has 0 heterocycles. The number of ether oxygens (including phenoxy) is 1. The molecule has 172 valence electrons. The maximum atomic E-state index is 12.6. The Morgan fingerprint density at radius 2 is 1.45 bits per heavy atom. The lowest BCUT2D eigenvalue weighted by Gasteiger charge is -2.17. The van der Waals surface area contributed by atoms with Gasteiger partial charge in [-0.2, -0.15) is 0 Å². The molecule has 0 radical (unpaired) electrons. The van der Waals surface area contributed by atoms with Crippen molar-refractivity contribution in [3.8, 4) is 0 Å². The zero-order valence-electron chi connectivity index (χ0n) is 18.9. The maximum absolute atomic E-state index is 12.6. The number of hydrogen-bond donors (Lipinski definition) is 2. The Labute approximate surface area is 193 Å². The van der Waals surface area contributed by atoms with E-state index in [1.54, 1.807) is 30.3 Å². The molecule has 3 aromatic carbocycles. The van der Waals surface area contributed by atoms with Gasteiger partial charge >= 0.3 is 5.97 Å². The van der Waals surface area contributed by atoms with Gasteiger partial charge in [0.15, 0.2) is 6.10 Å².